The molecule has 0 bridgehead atoms. The van der Waals surface area contributed by atoms with Gasteiger partial charge in [-0.3, -0.25) is 4.79 Å². The van der Waals surface area contributed by atoms with Crippen LogP contribution in [-0.2, 0) is 4.79 Å². The Bertz CT molecular complexity index is 957. The number of aromatic nitrogens is 4. The van der Waals surface area contributed by atoms with Crippen molar-refractivity contribution in [1.82, 2.24) is 19.7 Å². The molecule has 1 aromatic carbocycles. The Kier molecular flexibility index (Phi) is 4.38. The van der Waals surface area contributed by atoms with Gasteiger partial charge >= 0.3 is 0 Å². The van der Waals surface area contributed by atoms with Crippen LogP contribution < -0.4 is 5.73 Å². The van der Waals surface area contributed by atoms with Gasteiger partial charge in [0.1, 0.15) is 6.33 Å². The normalized spacial score (nSPS) is 11.6. The molecule has 3 rings (SSSR count). The molecule has 6 nitrogen and oxygen atoms in total. The number of carbonyl (C=O) groups is 1. The van der Waals surface area contributed by atoms with Crippen molar-refractivity contribution in [3.8, 4) is 11.4 Å². The Balaban J connectivity index is 2.00. The SMILES string of the molecule is Cc1cc(C)cc(-c2ncn(C=C(C(N)=O)c3cccc(F)n3)n2)c1. The van der Waals surface area contributed by atoms with E-state index in [0.717, 1.165) is 16.7 Å². The van der Waals surface area contributed by atoms with Gasteiger partial charge in [0.2, 0.25) is 5.95 Å². The largest absolute Gasteiger partial charge is 0.365 e. The van der Waals surface area contributed by atoms with Crippen molar-refractivity contribution in [2.75, 3.05) is 0 Å². The molecule has 7 heteroatoms. The number of primary amides is 1. The predicted octanol–water partition coefficient (Wildman–Crippen LogP) is 2.58. The summed E-state index contributed by atoms with van der Waals surface area (Å²) in [4.78, 5) is 19.6. The molecule has 0 fully saturated rings. The molecule has 0 radical (unpaired) electrons. The van der Waals surface area contributed by atoms with Crippen LogP contribution >= 0.6 is 0 Å². The van der Waals surface area contributed by atoms with Crippen molar-refractivity contribution in [1.29, 1.82) is 0 Å². The first kappa shape index (κ1) is 16.5. The fraction of sp³-hybridized carbons (Fsp3) is 0.111. The first-order valence-corrected chi connectivity index (χ1v) is 7.57. The molecule has 1 amide bonds. The zero-order valence-corrected chi connectivity index (χ0v) is 13.8. The maximum absolute atomic E-state index is 13.3. The van der Waals surface area contributed by atoms with Gasteiger partial charge < -0.3 is 5.73 Å². The highest BCUT2D eigenvalue weighted by molar-refractivity contribution is 6.21. The number of hydrogen-bond donors (Lipinski definition) is 1. The van der Waals surface area contributed by atoms with E-state index in [4.69, 9.17) is 5.73 Å². The van der Waals surface area contributed by atoms with E-state index in [9.17, 15) is 9.18 Å². The summed E-state index contributed by atoms with van der Waals surface area (Å²) < 4.78 is 14.7. The number of nitrogens with two attached hydrogens (primary N) is 1. The monoisotopic (exact) mass is 337 g/mol. The third-order valence-electron chi connectivity index (χ3n) is 3.51. The number of nitrogens with zero attached hydrogens (tertiary/aromatic N) is 4. The number of carbonyl (C=O) groups excluding carboxylic acids is 1. The summed E-state index contributed by atoms with van der Waals surface area (Å²) in [5, 5.41) is 4.33. The molecular weight excluding hydrogens is 321 g/mol. The second-order valence-corrected chi connectivity index (χ2v) is 5.68. The average Bonchev–Trinajstić information content (AvgIpc) is 3.00. The minimum Gasteiger partial charge on any atom is -0.365 e. The van der Waals surface area contributed by atoms with Crippen molar-refractivity contribution in [2.45, 2.75) is 13.8 Å². The Morgan fingerprint density at radius 1 is 1.20 bits per heavy atom. The van der Waals surface area contributed by atoms with Crippen LogP contribution in [0.1, 0.15) is 16.8 Å². The van der Waals surface area contributed by atoms with Crippen LogP contribution in [0.3, 0.4) is 0 Å². The van der Waals surface area contributed by atoms with E-state index in [1.54, 1.807) is 0 Å². The van der Waals surface area contributed by atoms with Crippen LogP contribution in [0, 0.1) is 19.8 Å². The first-order chi connectivity index (χ1) is 11.9. The molecule has 0 saturated heterocycles. The van der Waals surface area contributed by atoms with Gasteiger partial charge in [0.05, 0.1) is 11.3 Å². The van der Waals surface area contributed by atoms with Crippen LogP contribution in [0.5, 0.6) is 0 Å². The molecule has 0 saturated carbocycles. The maximum atomic E-state index is 13.3. The molecule has 25 heavy (non-hydrogen) atoms. The van der Waals surface area contributed by atoms with Crippen molar-refractivity contribution in [3.05, 3.63) is 65.5 Å². The third-order valence-corrected chi connectivity index (χ3v) is 3.51. The van der Waals surface area contributed by atoms with E-state index >= 15 is 0 Å². The molecule has 0 unspecified atom stereocenters. The molecule has 2 N–H and O–H groups in total. The lowest BCUT2D eigenvalue weighted by molar-refractivity contribution is -0.112. The highest BCUT2D eigenvalue weighted by Crippen LogP contribution is 2.19. The standard InChI is InChI=1S/C18H16FN5O/c1-11-6-12(2)8-13(7-11)18-21-10-24(23-18)9-14(17(20)25)15-4-3-5-16(19)22-15/h3-10H,1-2H3,(H2,20,25). The van der Waals surface area contributed by atoms with E-state index in [-0.39, 0.29) is 11.3 Å². The lowest BCUT2D eigenvalue weighted by Crippen LogP contribution is -2.15. The second-order valence-electron chi connectivity index (χ2n) is 5.68. The molecule has 3 aromatic rings. The lowest BCUT2D eigenvalue weighted by Gasteiger charge is -2.03. The third kappa shape index (κ3) is 3.77. The Labute approximate surface area is 143 Å². The Morgan fingerprint density at radius 2 is 1.92 bits per heavy atom. The minimum atomic E-state index is -0.735. The van der Waals surface area contributed by atoms with Gasteiger partial charge in [-0.25, -0.2) is 14.6 Å². The van der Waals surface area contributed by atoms with E-state index < -0.39 is 11.9 Å². The van der Waals surface area contributed by atoms with Gasteiger partial charge in [0, 0.05) is 11.8 Å². The number of halogens is 1. The van der Waals surface area contributed by atoms with Gasteiger partial charge in [-0.2, -0.15) is 4.39 Å². The average molecular weight is 337 g/mol. The topological polar surface area (TPSA) is 86.7 Å². The van der Waals surface area contributed by atoms with Gasteiger partial charge in [0.15, 0.2) is 5.82 Å². The molecule has 126 valence electrons. The molecular formula is C18H16FN5O. The fourth-order valence-electron chi connectivity index (χ4n) is 2.52. The molecule has 0 atom stereocenters. The zero-order valence-electron chi connectivity index (χ0n) is 13.8. The summed E-state index contributed by atoms with van der Waals surface area (Å²) in [6.45, 7) is 3.99. The van der Waals surface area contributed by atoms with Crippen molar-refractivity contribution in [3.63, 3.8) is 0 Å². The number of rotatable bonds is 4. The number of amides is 1. The Morgan fingerprint density at radius 3 is 2.56 bits per heavy atom. The number of aryl methyl sites for hydroxylation is 2. The van der Waals surface area contributed by atoms with Crippen molar-refractivity contribution >= 4 is 17.7 Å². The number of benzene rings is 1. The van der Waals surface area contributed by atoms with Gasteiger partial charge in [-0.15, -0.1) is 5.10 Å². The quantitative estimate of drug-likeness (QED) is 0.585. The van der Waals surface area contributed by atoms with Crippen molar-refractivity contribution in [2.24, 2.45) is 5.73 Å². The van der Waals surface area contributed by atoms with E-state index in [1.807, 2.05) is 26.0 Å². The smallest absolute Gasteiger partial charge is 0.252 e. The summed E-state index contributed by atoms with van der Waals surface area (Å²) in [7, 11) is 0. The van der Waals surface area contributed by atoms with E-state index in [1.165, 1.54) is 35.4 Å². The zero-order chi connectivity index (χ0) is 18.0. The summed E-state index contributed by atoms with van der Waals surface area (Å²) >= 11 is 0. The summed E-state index contributed by atoms with van der Waals surface area (Å²) in [5.74, 6) is -0.917. The molecule has 0 aliphatic heterocycles. The van der Waals surface area contributed by atoms with Crippen molar-refractivity contribution < 1.29 is 9.18 Å². The van der Waals surface area contributed by atoms with Crippen LogP contribution in [0.15, 0.2) is 42.7 Å². The minimum absolute atomic E-state index is 0.0383. The molecule has 0 aliphatic carbocycles. The lowest BCUT2D eigenvalue weighted by atomic mass is 10.1. The molecule has 0 spiro atoms. The first-order valence-electron chi connectivity index (χ1n) is 7.57. The highest BCUT2D eigenvalue weighted by Gasteiger charge is 2.12. The fourth-order valence-corrected chi connectivity index (χ4v) is 2.52. The molecule has 0 aliphatic rings. The van der Waals surface area contributed by atoms with Gasteiger partial charge in [0.25, 0.3) is 5.91 Å². The molecule has 2 aromatic heterocycles. The number of pyridine rings is 1. The summed E-state index contributed by atoms with van der Waals surface area (Å²) in [6.07, 6.45) is 2.83. The summed E-state index contributed by atoms with van der Waals surface area (Å²) in [5.41, 5.74) is 8.64. The van der Waals surface area contributed by atoms with Crippen LogP contribution in [0.2, 0.25) is 0 Å². The Hall–Kier alpha value is -3.35. The van der Waals surface area contributed by atoms with Crippen LogP contribution in [0.4, 0.5) is 4.39 Å². The van der Waals surface area contributed by atoms with Crippen LogP contribution in [0.25, 0.3) is 23.2 Å². The predicted molar refractivity (Wildman–Crippen MR) is 92.5 cm³/mol. The molecule has 2 heterocycles. The van der Waals surface area contributed by atoms with Gasteiger partial charge in [-0.1, -0.05) is 23.3 Å². The summed E-state index contributed by atoms with van der Waals surface area (Å²) in [6, 6.07) is 10.1. The highest BCUT2D eigenvalue weighted by atomic mass is 19.1. The van der Waals surface area contributed by atoms with Crippen LogP contribution in [-0.4, -0.2) is 25.7 Å². The van der Waals surface area contributed by atoms with E-state index in [0.29, 0.717) is 5.82 Å². The van der Waals surface area contributed by atoms with Gasteiger partial charge in [-0.05, 0) is 38.1 Å². The second kappa shape index (κ2) is 6.64. The maximum Gasteiger partial charge on any atom is 0.252 e. The number of hydrogen-bond acceptors (Lipinski definition) is 4. The van der Waals surface area contributed by atoms with E-state index in [2.05, 4.69) is 21.1 Å².